The van der Waals surface area contributed by atoms with Crippen LogP contribution in [0.2, 0.25) is 0 Å². The van der Waals surface area contributed by atoms with E-state index in [1.54, 1.807) is 0 Å². The molecule has 3 N–H and O–H groups in total. The lowest BCUT2D eigenvalue weighted by molar-refractivity contribution is -0.870. The number of phosphoric ester groups is 1. The number of rotatable bonds is 65. The van der Waals surface area contributed by atoms with Crippen molar-refractivity contribution in [1.82, 2.24) is 5.32 Å². The quantitative estimate of drug-likeness (QED) is 0.0243. The van der Waals surface area contributed by atoms with E-state index < -0.39 is 20.0 Å². The number of quaternary nitrogens is 1. The maximum atomic E-state index is 13.1. The second kappa shape index (κ2) is 64.9. The summed E-state index contributed by atoms with van der Waals surface area (Å²) in [5.41, 5.74) is 0. The fraction of sp³-hybridized carbons (Fsp3) is 0.773. The zero-order chi connectivity index (χ0) is 61.2. The number of carbonyl (C=O) groups is 1. The molecule has 0 rings (SSSR count). The highest BCUT2D eigenvalue weighted by molar-refractivity contribution is 7.47. The Balaban J connectivity index is 4.03. The molecule has 3 unspecified atom stereocenters. The van der Waals surface area contributed by atoms with Crippen LogP contribution in [0.5, 0.6) is 0 Å². The molecule has 0 aliphatic carbocycles. The number of carbonyl (C=O) groups excluding carboxylic acids is 1. The van der Waals surface area contributed by atoms with Gasteiger partial charge in [-0.15, -0.1) is 0 Å². The summed E-state index contributed by atoms with van der Waals surface area (Å²) in [6.45, 7) is 4.81. The van der Waals surface area contributed by atoms with E-state index in [1.165, 1.54) is 205 Å². The van der Waals surface area contributed by atoms with Gasteiger partial charge in [-0.05, 0) is 77.0 Å². The molecule has 0 aliphatic rings. The topological polar surface area (TPSA) is 105 Å². The van der Waals surface area contributed by atoms with Crippen molar-refractivity contribution in [3.63, 3.8) is 0 Å². The highest BCUT2D eigenvalue weighted by Gasteiger charge is 2.28. The summed E-state index contributed by atoms with van der Waals surface area (Å²) in [5, 5.41) is 14.1. The third-order valence-corrected chi connectivity index (χ3v) is 16.8. The molecule has 0 radical (unpaired) electrons. The molecule has 0 aromatic carbocycles. The zero-order valence-corrected chi connectivity index (χ0v) is 56.8. The molecule has 3 atom stereocenters. The molecule has 0 bridgehead atoms. The van der Waals surface area contributed by atoms with Crippen molar-refractivity contribution in [1.29, 1.82) is 0 Å². The smallest absolute Gasteiger partial charge is 0.391 e. The molecular formula is C75H138N2O6P+. The third kappa shape index (κ3) is 66.9. The predicted octanol–water partition coefficient (Wildman–Crippen LogP) is 22.9. The number of hydrogen-bond donors (Lipinski definition) is 3. The van der Waals surface area contributed by atoms with Gasteiger partial charge < -0.3 is 19.8 Å². The highest BCUT2D eigenvalue weighted by Crippen LogP contribution is 2.43. The first-order chi connectivity index (χ1) is 41.0. The van der Waals surface area contributed by atoms with Crippen molar-refractivity contribution in [2.45, 2.75) is 334 Å². The molecule has 1 amide bonds. The van der Waals surface area contributed by atoms with Crippen LogP contribution < -0.4 is 5.32 Å². The summed E-state index contributed by atoms with van der Waals surface area (Å²) in [5.74, 6) is -0.144. The Morgan fingerprint density at radius 3 is 1.05 bits per heavy atom. The van der Waals surface area contributed by atoms with E-state index in [1.807, 2.05) is 21.1 Å². The Labute approximate surface area is 521 Å². The van der Waals surface area contributed by atoms with Gasteiger partial charge >= 0.3 is 7.82 Å². The summed E-state index contributed by atoms with van der Waals surface area (Å²) in [4.78, 5) is 23.5. The molecule has 0 spiro atoms. The zero-order valence-electron chi connectivity index (χ0n) is 55.9. The number of allylic oxidation sites excluding steroid dienone is 16. The number of likely N-dealkylation sites (N-methyl/N-ethyl adjacent to an activating group) is 1. The first-order valence-corrected chi connectivity index (χ1v) is 37.1. The fourth-order valence-corrected chi connectivity index (χ4v) is 11.1. The van der Waals surface area contributed by atoms with Gasteiger partial charge in [0, 0.05) is 6.42 Å². The minimum Gasteiger partial charge on any atom is -0.391 e. The van der Waals surface area contributed by atoms with E-state index in [4.69, 9.17) is 9.05 Å². The van der Waals surface area contributed by atoms with E-state index in [2.05, 4.69) is 116 Å². The predicted molar refractivity (Wildman–Crippen MR) is 369 cm³/mol. The summed E-state index contributed by atoms with van der Waals surface area (Å²) < 4.78 is 23.9. The second-order valence-corrected chi connectivity index (χ2v) is 26.7. The summed E-state index contributed by atoms with van der Waals surface area (Å²) in [7, 11) is 1.62. The minimum absolute atomic E-state index is 0.0726. The van der Waals surface area contributed by atoms with Gasteiger partial charge in [-0.1, -0.05) is 336 Å². The molecule has 488 valence electrons. The maximum Gasteiger partial charge on any atom is 0.472 e. The number of aliphatic hydroxyl groups is 1. The lowest BCUT2D eigenvalue weighted by Crippen LogP contribution is -2.46. The number of amides is 1. The van der Waals surface area contributed by atoms with Gasteiger partial charge in [0.25, 0.3) is 0 Å². The van der Waals surface area contributed by atoms with Gasteiger partial charge in [0.05, 0.1) is 39.9 Å². The van der Waals surface area contributed by atoms with Crippen LogP contribution in [0.25, 0.3) is 0 Å². The van der Waals surface area contributed by atoms with E-state index >= 15 is 0 Å². The van der Waals surface area contributed by atoms with Crippen LogP contribution in [-0.4, -0.2) is 73.4 Å². The van der Waals surface area contributed by atoms with Crippen LogP contribution in [0.1, 0.15) is 322 Å². The molecule has 0 aliphatic heterocycles. The molecule has 9 heteroatoms. The van der Waals surface area contributed by atoms with Crippen LogP contribution in [0.4, 0.5) is 0 Å². The Kier molecular flexibility index (Phi) is 62.9. The van der Waals surface area contributed by atoms with Crippen LogP contribution >= 0.6 is 7.82 Å². The average molecular weight is 1190 g/mol. The van der Waals surface area contributed by atoms with Gasteiger partial charge in [0.1, 0.15) is 13.2 Å². The standard InChI is InChI=1S/C75H137N2O6P/c1-6-8-10-12-14-16-18-20-22-24-26-28-30-31-32-33-34-35-36-37-38-39-40-41-42-43-44-45-47-49-51-53-55-57-59-61-63-65-67-69-75(79)76-73(72-83-84(80,81)82-71-70-77(3,4)5)74(78)68-66-64-62-60-58-56-54-52-50-48-46-29-27-25-23-21-19-17-15-13-11-9-7-2/h8,10,14,16,20,22,26,28,31-32,34-35,37-38,40-41,73-74,78H,6-7,9,11-13,15,17-19,21,23-25,27,29-30,33,36,39,42-72H2,1-5H3,(H-,76,79,80,81)/p+1/b10-8-,16-14-,22-20-,28-26-,32-31-,35-34-,38-37-,41-40-. The van der Waals surface area contributed by atoms with Crippen molar-refractivity contribution < 1.29 is 32.9 Å². The van der Waals surface area contributed by atoms with Crippen molar-refractivity contribution >= 4 is 13.7 Å². The number of hydrogen-bond acceptors (Lipinski definition) is 5. The van der Waals surface area contributed by atoms with E-state index in [-0.39, 0.29) is 19.1 Å². The monoisotopic (exact) mass is 1190 g/mol. The highest BCUT2D eigenvalue weighted by atomic mass is 31.2. The lowest BCUT2D eigenvalue weighted by atomic mass is 10.0. The third-order valence-electron chi connectivity index (χ3n) is 15.8. The van der Waals surface area contributed by atoms with Gasteiger partial charge in [0.15, 0.2) is 0 Å². The van der Waals surface area contributed by atoms with Crippen LogP contribution in [-0.2, 0) is 18.4 Å². The SMILES string of the molecule is CC/C=C\C/C=C\C/C=C\C/C=C\C/C=C\C/C=C\C/C=C\C/C=C\CCCCCCCCCCCCCCCCC(=O)NC(COP(=O)(O)OCC[N+](C)(C)C)C(O)CCCCCCCCCCCCCCCCCCCCCCCCC. The normalized spacial score (nSPS) is 14.2. The van der Waals surface area contributed by atoms with Crippen LogP contribution in [0.15, 0.2) is 97.2 Å². The Morgan fingerprint density at radius 2 is 0.714 bits per heavy atom. The van der Waals surface area contributed by atoms with Gasteiger partial charge in [-0.25, -0.2) is 4.57 Å². The maximum absolute atomic E-state index is 13.1. The lowest BCUT2D eigenvalue weighted by Gasteiger charge is -2.26. The van der Waals surface area contributed by atoms with Gasteiger partial charge in [0.2, 0.25) is 5.91 Å². The Bertz CT molecular complexity index is 1690. The summed E-state index contributed by atoms with van der Waals surface area (Å²) in [6, 6.07) is -0.767. The number of unbranched alkanes of at least 4 members (excludes halogenated alkanes) is 36. The summed E-state index contributed by atoms with van der Waals surface area (Å²) in [6.07, 6.45) is 93.6. The molecule has 8 nitrogen and oxygen atoms in total. The van der Waals surface area contributed by atoms with Crippen molar-refractivity contribution in [2.24, 2.45) is 0 Å². The molecule has 0 saturated carbocycles. The largest absolute Gasteiger partial charge is 0.472 e. The van der Waals surface area contributed by atoms with Crippen LogP contribution in [0, 0.1) is 0 Å². The number of nitrogens with one attached hydrogen (secondary N) is 1. The van der Waals surface area contributed by atoms with E-state index in [0.717, 1.165) is 89.9 Å². The van der Waals surface area contributed by atoms with Gasteiger partial charge in [-0.3, -0.25) is 13.8 Å². The second-order valence-electron chi connectivity index (χ2n) is 25.2. The molecule has 84 heavy (non-hydrogen) atoms. The minimum atomic E-state index is -4.33. The van der Waals surface area contributed by atoms with Crippen molar-refractivity contribution in [2.75, 3.05) is 40.9 Å². The summed E-state index contributed by atoms with van der Waals surface area (Å²) >= 11 is 0. The molecule has 0 saturated heterocycles. The van der Waals surface area contributed by atoms with Crippen LogP contribution in [0.3, 0.4) is 0 Å². The van der Waals surface area contributed by atoms with E-state index in [9.17, 15) is 19.4 Å². The molecular weight excluding hydrogens is 1060 g/mol. The molecule has 0 aromatic heterocycles. The molecule has 0 heterocycles. The van der Waals surface area contributed by atoms with Crippen molar-refractivity contribution in [3.05, 3.63) is 97.2 Å². The van der Waals surface area contributed by atoms with Crippen molar-refractivity contribution in [3.8, 4) is 0 Å². The number of nitrogens with zero attached hydrogens (tertiary/aromatic N) is 1. The first-order valence-electron chi connectivity index (χ1n) is 35.6. The van der Waals surface area contributed by atoms with Gasteiger partial charge in [-0.2, -0.15) is 0 Å². The first kappa shape index (κ1) is 81.4. The Morgan fingerprint density at radius 1 is 0.417 bits per heavy atom. The fourth-order valence-electron chi connectivity index (χ4n) is 10.4. The Hall–Kier alpha value is -2.58. The number of aliphatic hydroxyl groups excluding tert-OH is 1. The molecule has 0 aromatic rings. The molecule has 0 fully saturated rings. The number of phosphoric acid groups is 1. The van der Waals surface area contributed by atoms with E-state index in [0.29, 0.717) is 23.9 Å². The average Bonchev–Trinajstić information content (AvgIpc) is 3.56.